The average molecular weight is 267 g/mol. The van der Waals surface area contributed by atoms with Crippen LogP contribution in [0.1, 0.15) is 19.4 Å². The van der Waals surface area contributed by atoms with Gasteiger partial charge < -0.3 is 0 Å². The van der Waals surface area contributed by atoms with Gasteiger partial charge in [-0.1, -0.05) is 0 Å². The van der Waals surface area contributed by atoms with E-state index < -0.39 is 7.43 Å². The van der Waals surface area contributed by atoms with E-state index in [4.69, 9.17) is 13.6 Å². The summed E-state index contributed by atoms with van der Waals surface area (Å²) < 4.78 is 20.5. The van der Waals surface area contributed by atoms with E-state index in [-0.39, 0.29) is 0 Å². The molecule has 0 unspecified atom stereocenters. The van der Waals surface area contributed by atoms with Crippen molar-refractivity contribution in [3.05, 3.63) is 41.3 Å². The Balaban J connectivity index is 2.24. The van der Waals surface area contributed by atoms with E-state index >= 15 is 0 Å². The maximum absolute atomic E-state index is 6.19. The van der Waals surface area contributed by atoms with Crippen LogP contribution in [-0.4, -0.2) is 18.8 Å². The Morgan fingerprint density at radius 1 is 1.06 bits per heavy atom. The quantitative estimate of drug-likeness (QED) is 0.732. The van der Waals surface area contributed by atoms with Gasteiger partial charge in [-0.15, -0.1) is 0 Å². The van der Waals surface area contributed by atoms with Crippen LogP contribution in [0, 0.1) is 0 Å². The predicted octanol–water partition coefficient (Wildman–Crippen LogP) is 2.92. The molecule has 0 radical (unpaired) electrons. The van der Waals surface area contributed by atoms with Crippen LogP contribution < -0.4 is 5.30 Å². The van der Waals surface area contributed by atoms with Crippen LogP contribution in [0.4, 0.5) is 0 Å². The standard InChI is InChI=1S/C13H18NO3P/c1-10-11(2)17-18(16-10,14(3)4)13-8-6-5-7-12(13)9-15-18/h5-8H,9H2,1-4H3. The minimum atomic E-state index is -3.37. The fraction of sp³-hybridized carbons (Fsp3) is 0.385. The van der Waals surface area contributed by atoms with Crippen molar-refractivity contribution in [2.24, 2.45) is 0 Å². The molecule has 0 aliphatic carbocycles. The first-order chi connectivity index (χ1) is 8.48. The molecule has 4 nitrogen and oxygen atoms in total. The second-order valence-corrected chi connectivity index (χ2v) is 8.48. The molecule has 0 saturated carbocycles. The van der Waals surface area contributed by atoms with Gasteiger partial charge in [-0.05, 0) is 0 Å². The summed E-state index contributed by atoms with van der Waals surface area (Å²) >= 11 is 0. The van der Waals surface area contributed by atoms with E-state index in [0.717, 1.165) is 22.4 Å². The molecule has 0 saturated heterocycles. The Hall–Kier alpha value is -1.09. The maximum atomic E-state index is 6.19. The molecule has 2 aliphatic rings. The van der Waals surface area contributed by atoms with Gasteiger partial charge >= 0.3 is 107 Å². The van der Waals surface area contributed by atoms with Crippen molar-refractivity contribution in [3.8, 4) is 0 Å². The van der Waals surface area contributed by atoms with E-state index in [2.05, 4.69) is 6.07 Å². The molecule has 0 aromatic heterocycles. The summed E-state index contributed by atoms with van der Waals surface area (Å²) in [6, 6.07) is 8.13. The number of nitrogens with zero attached hydrogens (tertiary/aromatic N) is 1. The molecule has 0 N–H and O–H groups in total. The van der Waals surface area contributed by atoms with Gasteiger partial charge in [0.2, 0.25) is 0 Å². The van der Waals surface area contributed by atoms with Gasteiger partial charge in [-0.2, -0.15) is 0 Å². The molecule has 0 bridgehead atoms. The number of fused-ring (bicyclic) bond motifs is 2. The summed E-state index contributed by atoms with van der Waals surface area (Å²) in [4.78, 5) is 0. The number of rotatable bonds is 1. The molecule has 3 rings (SSSR count). The third-order valence-corrected chi connectivity index (χ3v) is 8.02. The van der Waals surface area contributed by atoms with E-state index in [1.165, 1.54) is 0 Å². The summed E-state index contributed by atoms with van der Waals surface area (Å²) in [5.74, 6) is 1.61. The third-order valence-electron chi connectivity index (χ3n) is 3.62. The Morgan fingerprint density at radius 2 is 1.67 bits per heavy atom. The molecule has 98 valence electrons. The number of benzene rings is 1. The normalized spacial score (nSPS) is 25.5. The van der Waals surface area contributed by atoms with E-state index in [0.29, 0.717) is 6.61 Å². The van der Waals surface area contributed by atoms with Gasteiger partial charge in [-0.25, -0.2) is 0 Å². The van der Waals surface area contributed by atoms with Crippen LogP contribution in [0.2, 0.25) is 0 Å². The van der Waals surface area contributed by atoms with Crippen LogP contribution in [0.5, 0.6) is 0 Å². The molecule has 18 heavy (non-hydrogen) atoms. The number of hydrogen-bond donors (Lipinski definition) is 0. The third kappa shape index (κ3) is 1.21. The summed E-state index contributed by atoms with van der Waals surface area (Å²) in [7, 11) is 0.528. The fourth-order valence-corrected chi connectivity index (χ4v) is 6.54. The first-order valence-electron chi connectivity index (χ1n) is 5.99. The molecular weight excluding hydrogens is 249 g/mol. The second kappa shape index (κ2) is 3.47. The molecule has 0 amide bonds. The van der Waals surface area contributed by atoms with Crippen molar-refractivity contribution in [2.75, 3.05) is 14.1 Å². The molecule has 2 aliphatic heterocycles. The van der Waals surface area contributed by atoms with Crippen molar-refractivity contribution in [3.63, 3.8) is 0 Å². The van der Waals surface area contributed by atoms with Crippen molar-refractivity contribution in [1.29, 1.82) is 0 Å². The Labute approximate surface area is 107 Å². The summed E-state index contributed by atoms with van der Waals surface area (Å²) in [5.41, 5.74) is 1.14. The summed E-state index contributed by atoms with van der Waals surface area (Å²) in [6.07, 6.45) is 0. The average Bonchev–Trinajstić information content (AvgIpc) is 2.80. The topological polar surface area (TPSA) is 30.9 Å². The minimum absolute atomic E-state index is 0.534. The van der Waals surface area contributed by atoms with E-state index in [9.17, 15) is 0 Å². The monoisotopic (exact) mass is 267 g/mol. The molecule has 2 heterocycles. The van der Waals surface area contributed by atoms with Gasteiger partial charge in [0.1, 0.15) is 0 Å². The van der Waals surface area contributed by atoms with E-state index in [1.807, 2.05) is 50.8 Å². The van der Waals surface area contributed by atoms with Crippen molar-refractivity contribution >= 4 is 12.7 Å². The molecule has 5 heteroatoms. The Morgan fingerprint density at radius 3 is 2.28 bits per heavy atom. The van der Waals surface area contributed by atoms with Crippen molar-refractivity contribution in [1.82, 2.24) is 4.67 Å². The van der Waals surface area contributed by atoms with Crippen LogP contribution in [-0.2, 0) is 20.2 Å². The Bertz CT molecular complexity index is 539. The SMILES string of the molecule is CC1=C(C)OP2(N(C)C)(OCc3ccccc32)O1. The first kappa shape index (κ1) is 12.0. The zero-order chi connectivity index (χ0) is 13.0. The van der Waals surface area contributed by atoms with Crippen LogP contribution in [0.15, 0.2) is 35.8 Å². The number of hydrogen-bond acceptors (Lipinski definition) is 4. The summed E-state index contributed by atoms with van der Waals surface area (Å²) in [6.45, 7) is 4.38. The van der Waals surface area contributed by atoms with Gasteiger partial charge in [0, 0.05) is 0 Å². The van der Waals surface area contributed by atoms with Crippen LogP contribution in [0.3, 0.4) is 0 Å². The predicted molar refractivity (Wildman–Crippen MR) is 72.0 cm³/mol. The molecule has 1 aromatic carbocycles. The van der Waals surface area contributed by atoms with Crippen LogP contribution >= 0.6 is 7.43 Å². The van der Waals surface area contributed by atoms with Gasteiger partial charge in [0.15, 0.2) is 0 Å². The first-order valence-corrected chi connectivity index (χ1v) is 7.94. The molecule has 0 atom stereocenters. The molecule has 1 spiro atoms. The Kier molecular flexibility index (Phi) is 2.31. The van der Waals surface area contributed by atoms with Gasteiger partial charge in [-0.3, -0.25) is 0 Å². The number of allylic oxidation sites excluding steroid dienone is 2. The van der Waals surface area contributed by atoms with Gasteiger partial charge in [0.05, 0.1) is 0 Å². The van der Waals surface area contributed by atoms with Crippen molar-refractivity contribution < 1.29 is 13.6 Å². The van der Waals surface area contributed by atoms with Crippen molar-refractivity contribution in [2.45, 2.75) is 20.5 Å². The zero-order valence-corrected chi connectivity index (χ0v) is 12.0. The fourth-order valence-electron chi connectivity index (χ4n) is 2.53. The van der Waals surface area contributed by atoms with Crippen LogP contribution in [0.25, 0.3) is 0 Å². The molecular formula is C13H18NO3P. The summed E-state index contributed by atoms with van der Waals surface area (Å²) in [5, 5.41) is 1.05. The van der Waals surface area contributed by atoms with E-state index in [1.54, 1.807) is 0 Å². The zero-order valence-electron chi connectivity index (χ0n) is 11.1. The second-order valence-electron chi connectivity index (χ2n) is 4.89. The molecule has 0 fully saturated rings. The molecule has 1 aromatic rings. The van der Waals surface area contributed by atoms with Gasteiger partial charge in [0.25, 0.3) is 0 Å².